The van der Waals surface area contributed by atoms with Crippen LogP contribution in [0.3, 0.4) is 0 Å². The van der Waals surface area contributed by atoms with Gasteiger partial charge < -0.3 is 0 Å². The molecule has 146 valence electrons. The normalized spacial score (nSPS) is 11.7. The van der Waals surface area contributed by atoms with Gasteiger partial charge in [-0.3, -0.25) is 4.98 Å². The summed E-state index contributed by atoms with van der Waals surface area (Å²) >= 11 is 24.5. The van der Waals surface area contributed by atoms with Crippen molar-refractivity contribution in [3.05, 3.63) is 87.0 Å². The summed E-state index contributed by atoms with van der Waals surface area (Å²) in [5.41, 5.74) is 1.59. The van der Waals surface area contributed by atoms with Crippen LogP contribution < -0.4 is 0 Å². The molecule has 0 unspecified atom stereocenters. The number of benzene rings is 3. The second-order valence-corrected chi connectivity index (χ2v) is 9.80. The molecule has 0 bridgehead atoms. The molecule has 1 heterocycles. The Hall–Kier alpha value is -1.82. The highest BCUT2D eigenvalue weighted by molar-refractivity contribution is 7.91. The third kappa shape index (κ3) is 3.72. The fourth-order valence-corrected chi connectivity index (χ4v) is 5.32. The largest absolute Gasteiger partial charge is 0.253 e. The Morgan fingerprint density at radius 2 is 1.52 bits per heavy atom. The van der Waals surface area contributed by atoms with Crippen LogP contribution in [-0.2, 0) is 9.84 Å². The third-order valence-corrected chi connectivity index (χ3v) is 7.46. The van der Waals surface area contributed by atoms with E-state index in [0.717, 1.165) is 0 Å². The van der Waals surface area contributed by atoms with Crippen LogP contribution in [0.2, 0.25) is 20.1 Å². The monoisotopic (exact) mass is 481 g/mol. The summed E-state index contributed by atoms with van der Waals surface area (Å²) in [6, 6.07) is 16.4. The number of hydrogen-bond donors (Lipinski definition) is 0. The van der Waals surface area contributed by atoms with E-state index in [1.807, 2.05) is 0 Å². The van der Waals surface area contributed by atoms with E-state index in [0.29, 0.717) is 32.1 Å². The van der Waals surface area contributed by atoms with Crippen LogP contribution in [0, 0.1) is 0 Å². The van der Waals surface area contributed by atoms with Gasteiger partial charge in [-0.1, -0.05) is 70.7 Å². The van der Waals surface area contributed by atoms with Crippen molar-refractivity contribution in [2.24, 2.45) is 0 Å². The molecule has 3 nitrogen and oxygen atoms in total. The van der Waals surface area contributed by atoms with Gasteiger partial charge in [0, 0.05) is 22.2 Å². The van der Waals surface area contributed by atoms with Gasteiger partial charge in [0.2, 0.25) is 9.84 Å². The van der Waals surface area contributed by atoms with E-state index in [2.05, 4.69) is 4.98 Å². The van der Waals surface area contributed by atoms with Gasteiger partial charge in [-0.05, 0) is 42.0 Å². The van der Waals surface area contributed by atoms with E-state index in [1.54, 1.807) is 42.5 Å². The summed E-state index contributed by atoms with van der Waals surface area (Å²) < 4.78 is 27.0. The highest BCUT2D eigenvalue weighted by Gasteiger charge is 2.26. The van der Waals surface area contributed by atoms with Gasteiger partial charge >= 0.3 is 0 Å². The topological polar surface area (TPSA) is 47.0 Å². The molecule has 3 aromatic carbocycles. The lowest BCUT2D eigenvalue weighted by atomic mass is 10.0. The minimum absolute atomic E-state index is 0.0124. The lowest BCUT2D eigenvalue weighted by molar-refractivity contribution is 0.596. The smallest absolute Gasteiger partial charge is 0.208 e. The second kappa shape index (κ2) is 7.78. The van der Waals surface area contributed by atoms with Crippen LogP contribution in [-0.4, -0.2) is 13.4 Å². The summed E-state index contributed by atoms with van der Waals surface area (Å²) in [7, 11) is -3.97. The van der Waals surface area contributed by atoms with E-state index in [4.69, 9.17) is 46.4 Å². The summed E-state index contributed by atoms with van der Waals surface area (Å²) in [4.78, 5) is 4.35. The van der Waals surface area contributed by atoms with Gasteiger partial charge in [0.25, 0.3) is 0 Å². The van der Waals surface area contributed by atoms with Crippen molar-refractivity contribution in [1.29, 1.82) is 0 Å². The van der Waals surface area contributed by atoms with Crippen molar-refractivity contribution in [1.82, 2.24) is 4.98 Å². The van der Waals surface area contributed by atoms with Crippen LogP contribution in [0.1, 0.15) is 0 Å². The number of para-hydroxylation sites is 1. The van der Waals surface area contributed by atoms with E-state index < -0.39 is 9.84 Å². The van der Waals surface area contributed by atoms with Crippen LogP contribution in [0.5, 0.6) is 0 Å². The van der Waals surface area contributed by atoms with Crippen LogP contribution in [0.15, 0.2) is 76.7 Å². The Bertz CT molecular complexity index is 1370. The summed E-state index contributed by atoms with van der Waals surface area (Å²) in [6.45, 7) is 0. The summed E-state index contributed by atoms with van der Waals surface area (Å²) in [5.74, 6) is 0. The fraction of sp³-hybridized carbons (Fsp3) is 0. The summed E-state index contributed by atoms with van der Waals surface area (Å²) in [5, 5.41) is 1.91. The molecular weight excluding hydrogens is 472 g/mol. The van der Waals surface area contributed by atoms with Crippen molar-refractivity contribution < 1.29 is 8.42 Å². The van der Waals surface area contributed by atoms with Gasteiger partial charge in [-0.2, -0.15) is 0 Å². The zero-order chi connectivity index (χ0) is 20.8. The molecule has 0 spiro atoms. The van der Waals surface area contributed by atoms with E-state index >= 15 is 0 Å². The van der Waals surface area contributed by atoms with E-state index in [1.165, 1.54) is 24.4 Å². The van der Waals surface area contributed by atoms with E-state index in [-0.39, 0.29) is 19.8 Å². The van der Waals surface area contributed by atoms with E-state index in [9.17, 15) is 8.42 Å². The number of nitrogens with zero attached hydrogens (tertiary/aromatic N) is 1. The molecular formula is C21H11Cl4NO2S. The second-order valence-electron chi connectivity index (χ2n) is 6.22. The molecule has 0 aliphatic rings. The Kier molecular flexibility index (Phi) is 5.49. The molecule has 0 fully saturated rings. The lowest BCUT2D eigenvalue weighted by Gasteiger charge is -2.15. The molecule has 8 heteroatoms. The zero-order valence-electron chi connectivity index (χ0n) is 14.5. The first kappa shape index (κ1) is 20.5. The Balaban J connectivity index is 2.09. The SMILES string of the molecule is O=S(=O)(c1ccc(Cl)c(Cl)c1)c1cnc2c(Cl)cccc2c1-c1cccc(Cl)c1. The van der Waals surface area contributed by atoms with Crippen LogP contribution >= 0.6 is 46.4 Å². The quantitative estimate of drug-likeness (QED) is 0.306. The number of pyridine rings is 1. The third-order valence-electron chi connectivity index (χ3n) is 4.42. The highest BCUT2D eigenvalue weighted by Crippen LogP contribution is 2.39. The molecule has 0 N–H and O–H groups in total. The average molecular weight is 483 g/mol. The number of aromatic nitrogens is 1. The number of fused-ring (bicyclic) bond motifs is 1. The fourth-order valence-electron chi connectivity index (χ4n) is 3.09. The number of hydrogen-bond acceptors (Lipinski definition) is 3. The highest BCUT2D eigenvalue weighted by atomic mass is 35.5. The first-order chi connectivity index (χ1) is 13.8. The average Bonchev–Trinajstić information content (AvgIpc) is 2.69. The van der Waals surface area contributed by atoms with Crippen molar-refractivity contribution in [2.75, 3.05) is 0 Å². The maximum Gasteiger partial charge on any atom is 0.208 e. The molecule has 0 aliphatic heterocycles. The first-order valence-electron chi connectivity index (χ1n) is 8.32. The lowest BCUT2D eigenvalue weighted by Crippen LogP contribution is -2.06. The maximum atomic E-state index is 13.5. The Morgan fingerprint density at radius 1 is 0.759 bits per heavy atom. The molecule has 4 rings (SSSR count). The molecule has 4 aromatic rings. The van der Waals surface area contributed by atoms with Crippen molar-refractivity contribution in [3.63, 3.8) is 0 Å². The minimum Gasteiger partial charge on any atom is -0.253 e. The van der Waals surface area contributed by atoms with Gasteiger partial charge in [-0.15, -0.1) is 0 Å². The zero-order valence-corrected chi connectivity index (χ0v) is 18.4. The molecule has 0 saturated heterocycles. The molecule has 0 aliphatic carbocycles. The number of halogens is 4. The standard InChI is InChI=1S/C21H11Cl4NO2S/c22-13-4-1-3-12(9-13)20-15-5-2-6-17(24)21(15)26-11-19(20)29(27,28)14-7-8-16(23)18(25)10-14/h1-11H. The van der Waals surface area contributed by atoms with Gasteiger partial charge in [0.1, 0.15) is 0 Å². The number of sulfone groups is 1. The minimum atomic E-state index is -3.97. The van der Waals surface area contributed by atoms with Crippen molar-refractivity contribution >= 4 is 67.1 Å². The predicted molar refractivity (Wildman–Crippen MR) is 119 cm³/mol. The van der Waals surface area contributed by atoms with Crippen LogP contribution in [0.25, 0.3) is 22.0 Å². The molecule has 0 amide bonds. The van der Waals surface area contributed by atoms with Gasteiger partial charge in [-0.25, -0.2) is 8.42 Å². The maximum absolute atomic E-state index is 13.5. The number of rotatable bonds is 3. The van der Waals surface area contributed by atoms with Gasteiger partial charge in [0.05, 0.1) is 30.4 Å². The Morgan fingerprint density at radius 3 is 2.24 bits per heavy atom. The Labute approximate surface area is 187 Å². The molecule has 0 radical (unpaired) electrons. The molecule has 0 saturated carbocycles. The summed E-state index contributed by atoms with van der Waals surface area (Å²) in [6.07, 6.45) is 1.31. The van der Waals surface area contributed by atoms with Crippen molar-refractivity contribution in [2.45, 2.75) is 9.79 Å². The molecule has 29 heavy (non-hydrogen) atoms. The van der Waals surface area contributed by atoms with Crippen LogP contribution in [0.4, 0.5) is 0 Å². The predicted octanol–water partition coefficient (Wildman–Crippen LogP) is 7.35. The molecule has 0 atom stereocenters. The van der Waals surface area contributed by atoms with Gasteiger partial charge in [0.15, 0.2) is 0 Å². The first-order valence-corrected chi connectivity index (χ1v) is 11.3. The van der Waals surface area contributed by atoms with Crippen molar-refractivity contribution in [3.8, 4) is 11.1 Å². The molecule has 1 aromatic heterocycles.